The van der Waals surface area contributed by atoms with Gasteiger partial charge in [0.15, 0.2) is 0 Å². The molecule has 8 nitrogen and oxygen atoms in total. The average molecular weight is 368 g/mol. The topological polar surface area (TPSA) is 92.7 Å². The third-order valence-corrected chi connectivity index (χ3v) is 3.78. The van der Waals surface area contributed by atoms with Gasteiger partial charge in [0.1, 0.15) is 0 Å². The van der Waals surface area contributed by atoms with Crippen molar-refractivity contribution in [2.45, 2.75) is 0 Å². The Bertz CT molecular complexity index is 1070. The smallest absolute Gasteiger partial charge is 0.276 e. The van der Waals surface area contributed by atoms with E-state index >= 15 is 0 Å². The van der Waals surface area contributed by atoms with Gasteiger partial charge in [0.25, 0.3) is 5.95 Å². The van der Waals surface area contributed by atoms with Gasteiger partial charge in [-0.05, 0) is 34.7 Å². The summed E-state index contributed by atoms with van der Waals surface area (Å²) in [5, 5.41) is 24.5. The lowest BCUT2D eigenvalue weighted by molar-refractivity contribution is 0.788. The molecule has 0 radical (unpaired) electrons. The first-order valence-corrected chi connectivity index (χ1v) is 8.60. The van der Waals surface area contributed by atoms with Crippen LogP contribution in [0.3, 0.4) is 0 Å². The molecule has 0 aliphatic heterocycles. The molecule has 0 bridgehead atoms. The van der Waals surface area contributed by atoms with Crippen LogP contribution in [0.5, 0.6) is 0 Å². The minimum atomic E-state index is 0.259. The van der Waals surface area contributed by atoms with E-state index in [0.717, 1.165) is 16.9 Å². The number of benzene rings is 3. The van der Waals surface area contributed by atoms with Crippen LogP contribution in [-0.2, 0) is 0 Å². The van der Waals surface area contributed by atoms with Crippen molar-refractivity contribution in [1.29, 1.82) is 0 Å². The van der Waals surface area contributed by atoms with Crippen molar-refractivity contribution >= 4 is 17.5 Å². The Morgan fingerprint density at radius 3 is 2.14 bits per heavy atom. The molecule has 0 aliphatic carbocycles. The van der Waals surface area contributed by atoms with Gasteiger partial charge >= 0.3 is 0 Å². The number of anilines is 1. The molecule has 0 atom stereocenters. The Hall–Kier alpha value is -4.20. The second-order valence-electron chi connectivity index (χ2n) is 5.71. The zero-order chi connectivity index (χ0) is 19.0. The summed E-state index contributed by atoms with van der Waals surface area (Å²) in [6, 6.07) is 28.7. The second kappa shape index (κ2) is 8.45. The van der Waals surface area contributed by atoms with Crippen LogP contribution in [0.2, 0.25) is 0 Å². The molecule has 1 aromatic heterocycles. The minimum absolute atomic E-state index is 0.259. The van der Waals surface area contributed by atoms with Gasteiger partial charge in [-0.15, -0.1) is 10.2 Å². The van der Waals surface area contributed by atoms with E-state index in [1.807, 2.05) is 91.0 Å². The van der Waals surface area contributed by atoms with Gasteiger partial charge in [0.05, 0.1) is 11.4 Å². The van der Waals surface area contributed by atoms with Gasteiger partial charge in [-0.3, -0.25) is 5.43 Å². The highest BCUT2D eigenvalue weighted by Gasteiger charge is 2.08. The standard InChI is InChI=1S/C20H16N8/c1-4-10-16(11-5-1)19(22-21-17-12-6-2-7-13-17)23-24-20-25-26-27-28(20)18-14-8-3-9-15-18/h1-15,21H/b22-19-,24-23?. The van der Waals surface area contributed by atoms with Gasteiger partial charge in [-0.2, -0.15) is 9.78 Å². The number of amidine groups is 1. The quantitative estimate of drug-likeness (QED) is 0.247. The maximum atomic E-state index is 4.39. The van der Waals surface area contributed by atoms with E-state index in [0.29, 0.717) is 5.84 Å². The third kappa shape index (κ3) is 4.13. The Labute approximate surface area is 161 Å². The summed E-state index contributed by atoms with van der Waals surface area (Å²) in [5.74, 6) is 0.668. The number of para-hydroxylation sites is 2. The number of nitrogens with zero attached hydrogens (tertiary/aromatic N) is 7. The van der Waals surface area contributed by atoms with E-state index in [2.05, 4.69) is 36.3 Å². The van der Waals surface area contributed by atoms with Crippen molar-refractivity contribution < 1.29 is 0 Å². The first-order valence-electron chi connectivity index (χ1n) is 8.60. The third-order valence-electron chi connectivity index (χ3n) is 3.78. The fourth-order valence-corrected chi connectivity index (χ4v) is 2.44. The number of aromatic nitrogens is 4. The van der Waals surface area contributed by atoms with Crippen molar-refractivity contribution in [1.82, 2.24) is 20.2 Å². The summed E-state index contributed by atoms with van der Waals surface area (Å²) < 4.78 is 1.51. The van der Waals surface area contributed by atoms with Crippen LogP contribution in [0.15, 0.2) is 106 Å². The highest BCUT2D eigenvalue weighted by molar-refractivity contribution is 5.99. The van der Waals surface area contributed by atoms with Crippen molar-refractivity contribution in [3.63, 3.8) is 0 Å². The van der Waals surface area contributed by atoms with Crippen molar-refractivity contribution in [2.24, 2.45) is 15.3 Å². The molecular weight excluding hydrogens is 352 g/mol. The zero-order valence-corrected chi connectivity index (χ0v) is 14.8. The maximum Gasteiger partial charge on any atom is 0.292 e. The minimum Gasteiger partial charge on any atom is -0.276 e. The van der Waals surface area contributed by atoms with Crippen LogP contribution < -0.4 is 5.43 Å². The summed E-state index contributed by atoms with van der Waals surface area (Å²) in [7, 11) is 0. The SMILES string of the molecule is c1ccc(N/N=C(\N=Nc2nnnn2-c2ccccc2)c2ccccc2)cc1. The molecule has 4 rings (SSSR count). The number of hydrogen-bond donors (Lipinski definition) is 1. The number of rotatable bonds is 5. The number of tetrazole rings is 1. The molecule has 1 heterocycles. The Kier molecular flexibility index (Phi) is 5.20. The molecule has 4 aromatic rings. The highest BCUT2D eigenvalue weighted by Crippen LogP contribution is 2.15. The normalized spacial score (nSPS) is 11.6. The summed E-state index contributed by atoms with van der Waals surface area (Å²) >= 11 is 0. The lowest BCUT2D eigenvalue weighted by atomic mass is 10.2. The molecule has 0 saturated heterocycles. The number of hydrazone groups is 1. The summed E-state index contributed by atoms with van der Waals surface area (Å²) in [6.07, 6.45) is 0. The molecule has 136 valence electrons. The van der Waals surface area contributed by atoms with Gasteiger partial charge in [0, 0.05) is 5.56 Å². The lowest BCUT2D eigenvalue weighted by Gasteiger charge is -2.03. The van der Waals surface area contributed by atoms with E-state index in [9.17, 15) is 0 Å². The van der Waals surface area contributed by atoms with Crippen LogP contribution in [0.1, 0.15) is 5.56 Å². The molecule has 0 saturated carbocycles. The predicted molar refractivity (Wildman–Crippen MR) is 107 cm³/mol. The largest absolute Gasteiger partial charge is 0.292 e. The highest BCUT2D eigenvalue weighted by atomic mass is 15.6. The predicted octanol–water partition coefficient (Wildman–Crippen LogP) is 4.22. The molecule has 28 heavy (non-hydrogen) atoms. The number of nitrogens with one attached hydrogen (secondary N) is 1. The van der Waals surface area contributed by atoms with E-state index in [4.69, 9.17) is 0 Å². The van der Waals surface area contributed by atoms with Gasteiger partial charge < -0.3 is 0 Å². The van der Waals surface area contributed by atoms with Crippen molar-refractivity contribution in [3.05, 3.63) is 96.6 Å². The maximum absolute atomic E-state index is 4.39. The van der Waals surface area contributed by atoms with E-state index in [1.165, 1.54) is 4.68 Å². The first kappa shape index (κ1) is 17.2. The van der Waals surface area contributed by atoms with Crippen LogP contribution >= 0.6 is 0 Å². The Morgan fingerprint density at radius 1 is 0.786 bits per heavy atom. The summed E-state index contributed by atoms with van der Waals surface area (Å²) in [6.45, 7) is 0. The van der Waals surface area contributed by atoms with Crippen LogP contribution in [0, 0.1) is 0 Å². The van der Waals surface area contributed by atoms with E-state index in [-0.39, 0.29) is 5.95 Å². The molecular formula is C20H16N8. The zero-order valence-electron chi connectivity index (χ0n) is 14.8. The lowest BCUT2D eigenvalue weighted by Crippen LogP contribution is -2.01. The van der Waals surface area contributed by atoms with Gasteiger partial charge in [0.2, 0.25) is 5.84 Å². The van der Waals surface area contributed by atoms with Gasteiger partial charge in [-0.25, -0.2) is 0 Å². The second-order valence-corrected chi connectivity index (χ2v) is 5.71. The molecule has 1 N–H and O–H groups in total. The Morgan fingerprint density at radius 2 is 1.43 bits per heavy atom. The molecule has 0 unspecified atom stereocenters. The average Bonchev–Trinajstić information content (AvgIpc) is 3.24. The Balaban J connectivity index is 1.64. The van der Waals surface area contributed by atoms with Crippen LogP contribution in [-0.4, -0.2) is 26.0 Å². The van der Waals surface area contributed by atoms with Crippen molar-refractivity contribution in [2.75, 3.05) is 5.43 Å². The summed E-state index contributed by atoms with van der Waals surface area (Å²) in [4.78, 5) is 0. The fourth-order valence-electron chi connectivity index (χ4n) is 2.44. The number of azo groups is 1. The molecule has 0 fully saturated rings. The summed E-state index contributed by atoms with van der Waals surface area (Å²) in [5.41, 5.74) is 5.45. The number of hydrogen-bond acceptors (Lipinski definition) is 6. The first-order chi connectivity index (χ1) is 13.9. The molecule has 8 heteroatoms. The monoisotopic (exact) mass is 368 g/mol. The molecule has 3 aromatic carbocycles. The molecule has 0 amide bonds. The van der Waals surface area contributed by atoms with Crippen LogP contribution in [0.4, 0.5) is 11.6 Å². The van der Waals surface area contributed by atoms with Gasteiger partial charge in [-0.1, -0.05) is 71.8 Å². The molecule has 0 aliphatic rings. The molecule has 0 spiro atoms. The van der Waals surface area contributed by atoms with E-state index < -0.39 is 0 Å². The van der Waals surface area contributed by atoms with E-state index in [1.54, 1.807) is 0 Å². The fraction of sp³-hybridized carbons (Fsp3) is 0. The van der Waals surface area contributed by atoms with Crippen LogP contribution in [0.25, 0.3) is 5.69 Å². The van der Waals surface area contributed by atoms with Crippen molar-refractivity contribution in [3.8, 4) is 5.69 Å².